The van der Waals surface area contributed by atoms with Gasteiger partial charge in [-0.1, -0.05) is 26.8 Å². The van der Waals surface area contributed by atoms with Crippen LogP contribution in [0.25, 0.3) is 9.88 Å². The highest BCUT2D eigenvalue weighted by Gasteiger charge is 2.17. The van der Waals surface area contributed by atoms with Crippen LogP contribution in [-0.2, 0) is 11.2 Å². The van der Waals surface area contributed by atoms with Gasteiger partial charge in [0.2, 0.25) is 5.91 Å². The topological polar surface area (TPSA) is 62.2 Å². The molecule has 1 atom stereocenters. The van der Waals surface area contributed by atoms with E-state index in [-0.39, 0.29) is 24.3 Å². The molecule has 0 spiro atoms. The lowest BCUT2D eigenvalue weighted by Crippen LogP contribution is -2.35. The Morgan fingerprint density at radius 3 is 2.82 bits per heavy atom. The number of carbonyl (C=O) groups excluding carboxylic acids is 1. The number of hydrogen-bond donors (Lipinski definition) is 2. The molecule has 0 saturated heterocycles. The molecule has 0 radical (unpaired) electrons. The second-order valence-corrected chi connectivity index (χ2v) is 8.33. The van der Waals surface area contributed by atoms with E-state index in [1.54, 1.807) is 22.7 Å². The Bertz CT molecular complexity index is 600. The van der Waals surface area contributed by atoms with E-state index < -0.39 is 6.10 Å². The maximum Gasteiger partial charge on any atom is 0.226 e. The Hall–Kier alpha value is -1.24. The molecule has 22 heavy (non-hydrogen) atoms. The quantitative estimate of drug-likeness (QED) is 0.849. The summed E-state index contributed by atoms with van der Waals surface area (Å²) in [6.45, 7) is 6.50. The zero-order chi connectivity index (χ0) is 16.2. The molecule has 0 bridgehead atoms. The summed E-state index contributed by atoms with van der Waals surface area (Å²) in [5, 5.41) is 17.6. The minimum absolute atomic E-state index is 0.0503. The Labute approximate surface area is 139 Å². The molecule has 6 heteroatoms. The summed E-state index contributed by atoms with van der Waals surface area (Å²) in [4.78, 5) is 17.5. The third-order valence-corrected chi connectivity index (χ3v) is 4.94. The average molecular weight is 338 g/mol. The Morgan fingerprint density at radius 2 is 2.18 bits per heavy atom. The molecule has 0 saturated carbocycles. The first-order valence-electron chi connectivity index (χ1n) is 7.26. The van der Waals surface area contributed by atoms with Crippen molar-refractivity contribution in [3.8, 4) is 9.88 Å². The Morgan fingerprint density at radius 1 is 1.41 bits per heavy atom. The van der Waals surface area contributed by atoms with Gasteiger partial charge in [0, 0.05) is 11.9 Å². The summed E-state index contributed by atoms with van der Waals surface area (Å²) in [6, 6.07) is 4.01. The molecule has 2 heterocycles. The van der Waals surface area contributed by atoms with Crippen molar-refractivity contribution in [2.45, 2.75) is 39.7 Å². The number of carbonyl (C=O) groups is 1. The molecule has 0 fully saturated rings. The number of thiazole rings is 1. The average Bonchev–Trinajstić information content (AvgIpc) is 3.04. The van der Waals surface area contributed by atoms with E-state index in [0.717, 1.165) is 15.6 Å². The van der Waals surface area contributed by atoms with E-state index in [9.17, 15) is 9.90 Å². The SMILES string of the molecule is CC(C)(C)CC(O)CNC(=O)Cc1csc(-c2cccs2)n1. The number of thiophene rings is 1. The molecular formula is C16H22N2O2S2. The van der Waals surface area contributed by atoms with Crippen LogP contribution >= 0.6 is 22.7 Å². The Balaban J connectivity index is 1.80. The number of aliphatic hydroxyl groups excluding tert-OH is 1. The van der Waals surface area contributed by atoms with Crippen molar-refractivity contribution in [2.24, 2.45) is 5.41 Å². The van der Waals surface area contributed by atoms with Crippen LogP contribution in [0.1, 0.15) is 32.9 Å². The van der Waals surface area contributed by atoms with E-state index in [4.69, 9.17) is 0 Å². The molecule has 120 valence electrons. The number of aliphatic hydroxyl groups is 1. The molecule has 2 aromatic rings. The first-order valence-corrected chi connectivity index (χ1v) is 9.02. The van der Waals surface area contributed by atoms with E-state index in [1.165, 1.54) is 0 Å². The predicted molar refractivity (Wildman–Crippen MR) is 92.2 cm³/mol. The van der Waals surface area contributed by atoms with Crippen molar-refractivity contribution in [3.05, 3.63) is 28.6 Å². The second-order valence-electron chi connectivity index (χ2n) is 6.52. The van der Waals surface area contributed by atoms with Gasteiger partial charge in [-0.3, -0.25) is 4.79 Å². The molecule has 2 aromatic heterocycles. The van der Waals surface area contributed by atoms with E-state index >= 15 is 0 Å². The summed E-state index contributed by atoms with van der Waals surface area (Å²) < 4.78 is 0. The van der Waals surface area contributed by atoms with Crippen LogP contribution in [0.5, 0.6) is 0 Å². The summed E-state index contributed by atoms with van der Waals surface area (Å²) in [5.74, 6) is -0.101. The van der Waals surface area contributed by atoms with Gasteiger partial charge in [0.15, 0.2) is 0 Å². The van der Waals surface area contributed by atoms with Gasteiger partial charge in [0.1, 0.15) is 5.01 Å². The minimum atomic E-state index is -0.513. The lowest BCUT2D eigenvalue weighted by molar-refractivity contribution is -0.121. The van der Waals surface area contributed by atoms with Gasteiger partial charge in [-0.15, -0.1) is 22.7 Å². The van der Waals surface area contributed by atoms with Crippen LogP contribution in [-0.4, -0.2) is 28.6 Å². The molecule has 0 aliphatic heterocycles. The second kappa shape index (κ2) is 7.35. The third kappa shape index (κ3) is 5.51. The lowest BCUT2D eigenvalue weighted by Gasteiger charge is -2.22. The molecule has 0 aliphatic rings. The summed E-state index contributed by atoms with van der Waals surface area (Å²) in [5.41, 5.74) is 0.825. The van der Waals surface area contributed by atoms with Crippen molar-refractivity contribution >= 4 is 28.6 Å². The van der Waals surface area contributed by atoms with Crippen LogP contribution in [0.2, 0.25) is 0 Å². The minimum Gasteiger partial charge on any atom is -0.391 e. The summed E-state index contributed by atoms with van der Waals surface area (Å²) in [7, 11) is 0. The number of aromatic nitrogens is 1. The fourth-order valence-electron chi connectivity index (χ4n) is 2.14. The van der Waals surface area contributed by atoms with Gasteiger partial charge in [-0.25, -0.2) is 4.98 Å². The maximum atomic E-state index is 11.9. The van der Waals surface area contributed by atoms with E-state index in [2.05, 4.69) is 31.1 Å². The molecule has 0 aliphatic carbocycles. The molecule has 1 unspecified atom stereocenters. The Kier molecular flexibility index (Phi) is 5.72. The van der Waals surface area contributed by atoms with Gasteiger partial charge in [0.25, 0.3) is 0 Å². The number of nitrogens with zero attached hydrogens (tertiary/aromatic N) is 1. The maximum absolute atomic E-state index is 11.9. The third-order valence-electron chi connectivity index (χ3n) is 3.01. The molecule has 1 amide bonds. The summed E-state index contributed by atoms with van der Waals surface area (Å²) >= 11 is 3.19. The van der Waals surface area contributed by atoms with Crippen molar-refractivity contribution in [1.29, 1.82) is 0 Å². The zero-order valence-electron chi connectivity index (χ0n) is 13.1. The molecule has 4 nitrogen and oxygen atoms in total. The van der Waals surface area contributed by atoms with Gasteiger partial charge >= 0.3 is 0 Å². The van der Waals surface area contributed by atoms with E-state index in [0.29, 0.717) is 6.42 Å². The smallest absolute Gasteiger partial charge is 0.226 e. The highest BCUT2D eigenvalue weighted by Crippen LogP contribution is 2.27. The van der Waals surface area contributed by atoms with Crippen molar-refractivity contribution in [3.63, 3.8) is 0 Å². The van der Waals surface area contributed by atoms with Crippen molar-refractivity contribution in [1.82, 2.24) is 10.3 Å². The van der Waals surface area contributed by atoms with Crippen LogP contribution in [0.3, 0.4) is 0 Å². The highest BCUT2D eigenvalue weighted by atomic mass is 32.1. The fraction of sp³-hybridized carbons (Fsp3) is 0.500. The summed E-state index contributed by atoms with van der Waals surface area (Å²) in [6.07, 6.45) is 0.400. The van der Waals surface area contributed by atoms with Gasteiger partial charge in [0.05, 0.1) is 23.1 Å². The standard InChI is InChI=1S/C16H22N2O2S2/c1-16(2,3)8-12(19)9-17-14(20)7-11-10-22-15(18-11)13-5-4-6-21-13/h4-6,10,12,19H,7-9H2,1-3H3,(H,17,20). The molecular weight excluding hydrogens is 316 g/mol. The van der Waals surface area contributed by atoms with Gasteiger partial charge in [-0.05, 0) is 23.3 Å². The first-order chi connectivity index (χ1) is 10.3. The predicted octanol–water partition coefficient (Wildman–Crippen LogP) is 3.33. The van der Waals surface area contributed by atoms with Crippen molar-refractivity contribution in [2.75, 3.05) is 6.54 Å². The normalized spacial score (nSPS) is 13.1. The first kappa shape index (κ1) is 17.1. The van der Waals surface area contributed by atoms with Crippen molar-refractivity contribution < 1.29 is 9.90 Å². The molecule has 2 N–H and O–H groups in total. The molecule has 2 rings (SSSR count). The van der Waals surface area contributed by atoms with Gasteiger partial charge in [-0.2, -0.15) is 0 Å². The van der Waals surface area contributed by atoms with Gasteiger partial charge < -0.3 is 10.4 Å². The van der Waals surface area contributed by atoms with Crippen LogP contribution in [0, 0.1) is 5.41 Å². The van der Waals surface area contributed by atoms with Crippen LogP contribution < -0.4 is 5.32 Å². The molecule has 0 aromatic carbocycles. The van der Waals surface area contributed by atoms with Crippen LogP contribution in [0.4, 0.5) is 0 Å². The highest BCUT2D eigenvalue weighted by molar-refractivity contribution is 7.20. The van der Waals surface area contributed by atoms with Crippen LogP contribution in [0.15, 0.2) is 22.9 Å². The largest absolute Gasteiger partial charge is 0.391 e. The van der Waals surface area contributed by atoms with E-state index in [1.807, 2.05) is 22.9 Å². The zero-order valence-corrected chi connectivity index (χ0v) is 14.8. The fourth-order valence-corrected chi connectivity index (χ4v) is 3.77. The number of hydrogen-bond acceptors (Lipinski definition) is 5. The number of rotatable bonds is 6. The number of nitrogens with one attached hydrogen (secondary N) is 1. The number of amides is 1. The lowest BCUT2D eigenvalue weighted by atomic mass is 9.89. The monoisotopic (exact) mass is 338 g/mol.